The number of likely N-dealkylation sites (tertiary alicyclic amines) is 1. The molecule has 2 heterocycles. The highest BCUT2D eigenvalue weighted by Crippen LogP contribution is 2.38. The molecule has 2 amide bonds. The summed E-state index contributed by atoms with van der Waals surface area (Å²) < 4.78 is 4.81. The number of fused-ring (bicyclic) bond motifs is 1. The molecule has 0 aromatic heterocycles. The van der Waals surface area contributed by atoms with Gasteiger partial charge in [-0.05, 0) is 62.5 Å². The first kappa shape index (κ1) is 25.2. The zero-order valence-electron chi connectivity index (χ0n) is 21.7. The van der Waals surface area contributed by atoms with Crippen molar-refractivity contribution in [2.45, 2.75) is 12.5 Å². The molecular formula is C30H30N4O4. The summed E-state index contributed by atoms with van der Waals surface area (Å²) in [5, 5.41) is 6.28. The highest BCUT2D eigenvalue weighted by Gasteiger charge is 2.30. The molecule has 2 N–H and O–H groups in total. The number of nitrogens with zero attached hydrogens (tertiary/aromatic N) is 2. The quantitative estimate of drug-likeness (QED) is 0.382. The predicted molar refractivity (Wildman–Crippen MR) is 148 cm³/mol. The van der Waals surface area contributed by atoms with E-state index in [1.165, 1.54) is 7.11 Å². The minimum Gasteiger partial charge on any atom is -0.465 e. The molecule has 38 heavy (non-hydrogen) atoms. The summed E-state index contributed by atoms with van der Waals surface area (Å²) in [7, 11) is 5.40. The first-order valence-corrected chi connectivity index (χ1v) is 12.5. The topological polar surface area (TPSA) is 91.0 Å². The van der Waals surface area contributed by atoms with Gasteiger partial charge in [0, 0.05) is 35.9 Å². The average molecular weight is 511 g/mol. The number of methoxy groups -OCH3 is 1. The van der Waals surface area contributed by atoms with E-state index in [0.717, 1.165) is 30.8 Å². The van der Waals surface area contributed by atoms with Crippen LogP contribution in [-0.4, -0.2) is 67.9 Å². The van der Waals surface area contributed by atoms with Crippen LogP contribution in [0.3, 0.4) is 0 Å². The molecule has 2 aliphatic heterocycles. The second-order valence-electron chi connectivity index (χ2n) is 9.68. The third-order valence-corrected chi connectivity index (χ3v) is 7.08. The van der Waals surface area contributed by atoms with Crippen LogP contribution >= 0.6 is 0 Å². The van der Waals surface area contributed by atoms with E-state index in [1.807, 2.05) is 73.6 Å². The number of amides is 2. The Labute approximate surface area is 221 Å². The molecule has 3 aromatic carbocycles. The van der Waals surface area contributed by atoms with E-state index in [4.69, 9.17) is 4.74 Å². The lowest BCUT2D eigenvalue weighted by Crippen LogP contribution is -2.34. The molecule has 0 spiro atoms. The number of anilines is 2. The first-order valence-electron chi connectivity index (χ1n) is 12.5. The Morgan fingerprint density at radius 2 is 1.68 bits per heavy atom. The molecule has 1 saturated heterocycles. The largest absolute Gasteiger partial charge is 0.465 e. The van der Waals surface area contributed by atoms with Gasteiger partial charge in [0.2, 0.25) is 0 Å². The number of esters is 1. The molecule has 8 nitrogen and oxygen atoms in total. The molecule has 0 aliphatic carbocycles. The van der Waals surface area contributed by atoms with Gasteiger partial charge in [-0.2, -0.15) is 0 Å². The first-order chi connectivity index (χ1) is 18.4. The van der Waals surface area contributed by atoms with Crippen LogP contribution in [0, 0.1) is 0 Å². The van der Waals surface area contributed by atoms with Gasteiger partial charge < -0.3 is 25.2 Å². The molecule has 1 atom stereocenters. The monoisotopic (exact) mass is 510 g/mol. The second-order valence-corrected chi connectivity index (χ2v) is 9.68. The highest BCUT2D eigenvalue weighted by atomic mass is 16.5. The molecule has 1 fully saturated rings. The van der Waals surface area contributed by atoms with Gasteiger partial charge in [0.15, 0.2) is 0 Å². The van der Waals surface area contributed by atoms with Crippen molar-refractivity contribution in [3.63, 3.8) is 0 Å². The smallest absolute Gasteiger partial charge is 0.337 e. The van der Waals surface area contributed by atoms with Crippen LogP contribution in [0.5, 0.6) is 0 Å². The standard InChI is InChI=1S/C30H30N4O4/c1-33(2)23-15-16-34(18-23)29(36)20-9-12-22(13-10-20)31-27(19-7-5-4-6-8-19)26-24-14-11-21(30(37)38-3)17-25(24)32-28(26)35/h4-14,17,23,31H,15-16,18H2,1-3H3,(H,32,35)/b27-26-. The van der Waals surface area contributed by atoms with Crippen LogP contribution in [0.4, 0.5) is 11.4 Å². The number of ether oxygens (including phenoxy) is 1. The highest BCUT2D eigenvalue weighted by molar-refractivity contribution is 6.37. The number of rotatable bonds is 6. The third-order valence-electron chi connectivity index (χ3n) is 7.08. The molecule has 1 unspecified atom stereocenters. The Kier molecular flexibility index (Phi) is 6.98. The van der Waals surface area contributed by atoms with E-state index in [0.29, 0.717) is 39.7 Å². The van der Waals surface area contributed by atoms with Crippen LogP contribution in [0.25, 0.3) is 11.3 Å². The van der Waals surface area contributed by atoms with Gasteiger partial charge >= 0.3 is 5.97 Å². The summed E-state index contributed by atoms with van der Waals surface area (Å²) in [6.07, 6.45) is 0.969. The maximum atomic E-state index is 13.2. The maximum absolute atomic E-state index is 13.2. The number of likely N-dealkylation sites (N-methyl/N-ethyl adjacent to an activating group) is 1. The third kappa shape index (κ3) is 4.90. The van der Waals surface area contributed by atoms with Crippen LogP contribution in [0.1, 0.15) is 38.3 Å². The molecule has 0 radical (unpaired) electrons. The summed E-state index contributed by atoms with van der Waals surface area (Å²) in [5.74, 6) is -0.723. The van der Waals surface area contributed by atoms with Crippen molar-refractivity contribution in [1.29, 1.82) is 0 Å². The number of nitrogens with one attached hydrogen (secondary N) is 2. The van der Waals surface area contributed by atoms with Gasteiger partial charge in [0.25, 0.3) is 11.8 Å². The molecule has 194 valence electrons. The fourth-order valence-electron chi connectivity index (χ4n) is 4.92. The van der Waals surface area contributed by atoms with Crippen molar-refractivity contribution in [2.24, 2.45) is 0 Å². The Morgan fingerprint density at radius 3 is 2.34 bits per heavy atom. The van der Waals surface area contributed by atoms with E-state index < -0.39 is 5.97 Å². The molecular weight excluding hydrogens is 480 g/mol. The fourth-order valence-corrected chi connectivity index (χ4v) is 4.92. The number of hydrogen-bond donors (Lipinski definition) is 2. The van der Waals surface area contributed by atoms with Crippen LogP contribution in [0.15, 0.2) is 72.8 Å². The maximum Gasteiger partial charge on any atom is 0.337 e. The molecule has 2 aliphatic rings. The van der Waals surface area contributed by atoms with Gasteiger partial charge in [-0.15, -0.1) is 0 Å². The summed E-state index contributed by atoms with van der Waals surface area (Å²) >= 11 is 0. The average Bonchev–Trinajstić information content (AvgIpc) is 3.56. The van der Waals surface area contributed by atoms with E-state index in [2.05, 4.69) is 15.5 Å². The van der Waals surface area contributed by atoms with Crippen molar-refractivity contribution in [2.75, 3.05) is 44.9 Å². The Bertz CT molecular complexity index is 1410. The predicted octanol–water partition coefficient (Wildman–Crippen LogP) is 4.18. The fraction of sp³-hybridized carbons (Fsp3) is 0.233. The van der Waals surface area contributed by atoms with Crippen molar-refractivity contribution in [3.05, 3.63) is 95.1 Å². The van der Waals surface area contributed by atoms with E-state index in [9.17, 15) is 14.4 Å². The zero-order valence-corrected chi connectivity index (χ0v) is 21.7. The number of carbonyl (C=O) groups is 3. The van der Waals surface area contributed by atoms with Gasteiger partial charge in [-0.3, -0.25) is 9.59 Å². The lowest BCUT2D eigenvalue weighted by Gasteiger charge is -2.20. The SMILES string of the molecule is COC(=O)c1ccc2c(c1)NC(=O)/C2=C(\Nc1ccc(C(=O)N2CCC(N(C)C)C2)cc1)c1ccccc1. The molecule has 8 heteroatoms. The Balaban J connectivity index is 1.46. The summed E-state index contributed by atoms with van der Waals surface area (Å²) in [6.45, 7) is 1.47. The van der Waals surface area contributed by atoms with Crippen molar-refractivity contribution in [3.8, 4) is 0 Å². The van der Waals surface area contributed by atoms with Crippen molar-refractivity contribution >= 4 is 40.4 Å². The number of hydrogen-bond acceptors (Lipinski definition) is 6. The van der Waals surface area contributed by atoms with Crippen molar-refractivity contribution in [1.82, 2.24) is 9.80 Å². The normalized spacial score (nSPS) is 17.7. The lowest BCUT2D eigenvalue weighted by molar-refractivity contribution is -0.110. The van der Waals surface area contributed by atoms with Gasteiger partial charge in [-0.25, -0.2) is 4.79 Å². The van der Waals surface area contributed by atoms with Crippen LogP contribution < -0.4 is 10.6 Å². The molecule has 5 rings (SSSR count). The molecule has 0 saturated carbocycles. The summed E-state index contributed by atoms with van der Waals surface area (Å²) in [5.41, 5.74) is 4.88. The van der Waals surface area contributed by atoms with Gasteiger partial charge in [-0.1, -0.05) is 36.4 Å². The van der Waals surface area contributed by atoms with Crippen LogP contribution in [0.2, 0.25) is 0 Å². The number of carbonyl (C=O) groups excluding carboxylic acids is 3. The van der Waals surface area contributed by atoms with Gasteiger partial charge in [0.1, 0.15) is 0 Å². The van der Waals surface area contributed by atoms with E-state index in [-0.39, 0.29) is 11.8 Å². The minimum atomic E-state index is -0.471. The van der Waals surface area contributed by atoms with E-state index >= 15 is 0 Å². The molecule has 3 aromatic rings. The summed E-state index contributed by atoms with van der Waals surface area (Å²) in [6, 6.07) is 22.3. The summed E-state index contributed by atoms with van der Waals surface area (Å²) in [4.78, 5) is 42.3. The van der Waals surface area contributed by atoms with E-state index in [1.54, 1.807) is 18.2 Å². The number of benzene rings is 3. The van der Waals surface area contributed by atoms with Crippen LogP contribution in [-0.2, 0) is 9.53 Å². The molecule has 0 bridgehead atoms. The lowest BCUT2D eigenvalue weighted by atomic mass is 9.99. The second kappa shape index (κ2) is 10.5. The Morgan fingerprint density at radius 1 is 0.974 bits per heavy atom. The Hall–Kier alpha value is -4.43. The minimum absolute atomic E-state index is 0.0213. The van der Waals surface area contributed by atoms with Crippen molar-refractivity contribution < 1.29 is 19.1 Å². The zero-order chi connectivity index (χ0) is 26.8. The van der Waals surface area contributed by atoms with Gasteiger partial charge in [0.05, 0.1) is 29.6 Å².